The zero-order valence-corrected chi connectivity index (χ0v) is 15.1. The van der Waals surface area contributed by atoms with E-state index in [4.69, 9.17) is 0 Å². The summed E-state index contributed by atoms with van der Waals surface area (Å²) in [6, 6.07) is 11.4. The summed E-state index contributed by atoms with van der Waals surface area (Å²) < 4.78 is 0. The van der Waals surface area contributed by atoms with Gasteiger partial charge in [-0.15, -0.1) is 11.3 Å². The van der Waals surface area contributed by atoms with Crippen molar-refractivity contribution in [2.24, 2.45) is 0 Å². The number of aromatic amines is 1. The molecule has 7 heteroatoms. The zero-order chi connectivity index (χ0) is 17.9. The normalized spacial score (nSPS) is 16.0. The van der Waals surface area contributed by atoms with Crippen LogP contribution in [0.2, 0.25) is 0 Å². The van der Waals surface area contributed by atoms with E-state index in [-0.39, 0.29) is 23.2 Å². The third-order valence-corrected chi connectivity index (χ3v) is 5.79. The minimum atomic E-state index is -0.286. The number of aromatic nitrogens is 2. The molecule has 2 aromatic heterocycles. The Hall–Kier alpha value is -2.51. The highest BCUT2D eigenvalue weighted by atomic mass is 32.1. The molecular weight excluding hydrogens is 348 g/mol. The van der Waals surface area contributed by atoms with Crippen molar-refractivity contribution < 1.29 is 4.79 Å². The second kappa shape index (κ2) is 7.39. The highest BCUT2D eigenvalue weighted by Gasteiger charge is 2.25. The van der Waals surface area contributed by atoms with Crippen LogP contribution in [-0.2, 0) is 0 Å². The van der Waals surface area contributed by atoms with Crippen LogP contribution in [0.5, 0.6) is 0 Å². The molecule has 1 aliphatic rings. The molecule has 0 radical (unpaired) electrons. The van der Waals surface area contributed by atoms with Crippen LogP contribution in [-0.4, -0.2) is 40.6 Å². The molecule has 0 aliphatic carbocycles. The number of carbonyl (C=O) groups excluding carboxylic acids is 1. The van der Waals surface area contributed by atoms with Crippen molar-refractivity contribution >= 4 is 28.0 Å². The molecule has 0 bridgehead atoms. The van der Waals surface area contributed by atoms with Crippen LogP contribution in [0.1, 0.15) is 34.2 Å². The fourth-order valence-electron chi connectivity index (χ4n) is 3.50. The number of hydrogen-bond acceptors (Lipinski definition) is 5. The summed E-state index contributed by atoms with van der Waals surface area (Å²) in [5.74, 6) is -0.266. The Bertz CT molecular complexity index is 961. The van der Waals surface area contributed by atoms with E-state index in [2.05, 4.69) is 31.9 Å². The Labute approximate surface area is 154 Å². The maximum atomic E-state index is 12.7. The largest absolute Gasteiger partial charge is 0.349 e. The van der Waals surface area contributed by atoms with Crippen LogP contribution in [0.15, 0.2) is 46.6 Å². The van der Waals surface area contributed by atoms with Crippen LogP contribution >= 0.6 is 11.3 Å². The van der Waals surface area contributed by atoms with Crippen molar-refractivity contribution in [1.29, 1.82) is 0 Å². The predicted octanol–water partition coefficient (Wildman–Crippen LogP) is 2.55. The SMILES string of the molecule is O=C(NC[C@H](c1cccs1)N1CCCC1)c1n[nH]c(=O)c2ccccc12. The van der Waals surface area contributed by atoms with Gasteiger partial charge in [0.2, 0.25) is 0 Å². The summed E-state index contributed by atoms with van der Waals surface area (Å²) in [6.45, 7) is 2.63. The van der Waals surface area contributed by atoms with Gasteiger partial charge < -0.3 is 5.32 Å². The summed E-state index contributed by atoms with van der Waals surface area (Å²) in [5, 5.41) is 12.5. The zero-order valence-electron chi connectivity index (χ0n) is 14.3. The molecule has 6 nitrogen and oxygen atoms in total. The number of hydrogen-bond donors (Lipinski definition) is 2. The van der Waals surface area contributed by atoms with Gasteiger partial charge in [0, 0.05) is 16.8 Å². The van der Waals surface area contributed by atoms with E-state index < -0.39 is 0 Å². The van der Waals surface area contributed by atoms with Crippen molar-refractivity contribution in [2.75, 3.05) is 19.6 Å². The van der Waals surface area contributed by atoms with Gasteiger partial charge in [-0.05, 0) is 43.4 Å². The lowest BCUT2D eigenvalue weighted by Gasteiger charge is -2.26. The third kappa shape index (κ3) is 3.27. The average Bonchev–Trinajstić information content (AvgIpc) is 3.37. The lowest BCUT2D eigenvalue weighted by molar-refractivity contribution is 0.0934. The fourth-order valence-corrected chi connectivity index (χ4v) is 4.37. The topological polar surface area (TPSA) is 78.1 Å². The van der Waals surface area contributed by atoms with Gasteiger partial charge in [-0.25, -0.2) is 5.10 Å². The molecule has 2 N–H and O–H groups in total. The standard InChI is InChI=1S/C19H20N4O2S/c24-18-14-7-2-1-6-13(14)17(21-22-18)19(25)20-12-15(16-8-5-11-26-16)23-9-3-4-10-23/h1-2,5-8,11,15H,3-4,9-10,12H2,(H,20,25)(H,22,24)/t15-/m1/s1. The fraction of sp³-hybridized carbons (Fsp3) is 0.316. The molecule has 0 spiro atoms. The van der Waals surface area contributed by atoms with E-state index in [1.165, 1.54) is 17.7 Å². The third-order valence-electron chi connectivity index (χ3n) is 4.82. The van der Waals surface area contributed by atoms with Crippen molar-refractivity contribution in [3.63, 3.8) is 0 Å². The first-order chi connectivity index (χ1) is 12.7. The molecule has 1 atom stereocenters. The molecule has 3 heterocycles. The highest BCUT2D eigenvalue weighted by molar-refractivity contribution is 7.10. The molecule has 4 rings (SSSR count). The molecule has 1 amide bonds. The Kier molecular flexibility index (Phi) is 4.81. The Balaban J connectivity index is 1.56. The van der Waals surface area contributed by atoms with Crippen LogP contribution < -0.4 is 10.9 Å². The molecule has 3 aromatic rings. The number of benzene rings is 1. The summed E-state index contributed by atoms with van der Waals surface area (Å²) in [4.78, 5) is 28.3. The lowest BCUT2D eigenvalue weighted by atomic mass is 10.1. The monoisotopic (exact) mass is 368 g/mol. The van der Waals surface area contributed by atoms with Gasteiger partial charge >= 0.3 is 0 Å². The van der Waals surface area contributed by atoms with Gasteiger partial charge in [0.15, 0.2) is 5.69 Å². The maximum absolute atomic E-state index is 12.7. The van der Waals surface area contributed by atoms with Gasteiger partial charge in [-0.1, -0.05) is 24.3 Å². The van der Waals surface area contributed by atoms with E-state index in [1.807, 2.05) is 6.07 Å². The molecule has 0 unspecified atom stereocenters. The van der Waals surface area contributed by atoms with Gasteiger partial charge in [-0.3, -0.25) is 14.5 Å². The van der Waals surface area contributed by atoms with Crippen molar-refractivity contribution in [2.45, 2.75) is 18.9 Å². The van der Waals surface area contributed by atoms with Crippen LogP contribution in [0.4, 0.5) is 0 Å². The van der Waals surface area contributed by atoms with Gasteiger partial charge in [0.05, 0.1) is 11.4 Å². The van der Waals surface area contributed by atoms with E-state index in [0.717, 1.165) is 13.1 Å². The highest BCUT2D eigenvalue weighted by Crippen LogP contribution is 2.28. The number of rotatable bonds is 5. The van der Waals surface area contributed by atoms with Crippen LogP contribution in [0, 0.1) is 0 Å². The first-order valence-electron chi connectivity index (χ1n) is 8.77. The van der Waals surface area contributed by atoms with E-state index in [0.29, 0.717) is 17.3 Å². The number of nitrogens with one attached hydrogen (secondary N) is 2. The van der Waals surface area contributed by atoms with Crippen molar-refractivity contribution in [3.8, 4) is 0 Å². The Morgan fingerprint density at radius 1 is 1.19 bits per heavy atom. The number of H-pyrrole nitrogens is 1. The minimum absolute atomic E-state index is 0.176. The summed E-state index contributed by atoms with van der Waals surface area (Å²) in [6.07, 6.45) is 2.39. The maximum Gasteiger partial charge on any atom is 0.272 e. The minimum Gasteiger partial charge on any atom is -0.349 e. The molecule has 134 valence electrons. The van der Waals surface area contributed by atoms with E-state index >= 15 is 0 Å². The van der Waals surface area contributed by atoms with Crippen molar-refractivity contribution in [1.82, 2.24) is 20.4 Å². The molecule has 1 fully saturated rings. The molecule has 0 saturated carbocycles. The average molecular weight is 368 g/mol. The molecule has 26 heavy (non-hydrogen) atoms. The second-order valence-corrected chi connectivity index (χ2v) is 7.41. The first-order valence-corrected chi connectivity index (χ1v) is 9.65. The summed E-state index contributed by atoms with van der Waals surface area (Å²) >= 11 is 1.71. The quantitative estimate of drug-likeness (QED) is 0.725. The van der Waals surface area contributed by atoms with E-state index in [9.17, 15) is 9.59 Å². The summed E-state index contributed by atoms with van der Waals surface area (Å²) in [5.41, 5.74) is -0.0303. The molecule has 1 aromatic carbocycles. The second-order valence-electron chi connectivity index (χ2n) is 6.43. The van der Waals surface area contributed by atoms with Gasteiger partial charge in [0.1, 0.15) is 0 Å². The van der Waals surface area contributed by atoms with Crippen LogP contribution in [0.3, 0.4) is 0 Å². The number of thiophene rings is 1. The van der Waals surface area contributed by atoms with Gasteiger partial charge in [-0.2, -0.15) is 5.10 Å². The molecular formula is C19H20N4O2S. The smallest absolute Gasteiger partial charge is 0.272 e. The number of amides is 1. The number of likely N-dealkylation sites (tertiary alicyclic amines) is 1. The van der Waals surface area contributed by atoms with Crippen molar-refractivity contribution in [3.05, 3.63) is 62.7 Å². The van der Waals surface area contributed by atoms with Gasteiger partial charge in [0.25, 0.3) is 11.5 Å². The van der Waals surface area contributed by atoms with Crippen LogP contribution in [0.25, 0.3) is 10.8 Å². The first kappa shape index (κ1) is 16.9. The predicted molar refractivity (Wildman–Crippen MR) is 103 cm³/mol. The molecule has 1 aliphatic heterocycles. The number of nitrogens with zero attached hydrogens (tertiary/aromatic N) is 2. The number of carbonyl (C=O) groups is 1. The van der Waals surface area contributed by atoms with E-state index in [1.54, 1.807) is 35.6 Å². The Morgan fingerprint density at radius 2 is 1.96 bits per heavy atom. The lowest BCUT2D eigenvalue weighted by Crippen LogP contribution is -2.37. The summed E-state index contributed by atoms with van der Waals surface area (Å²) in [7, 11) is 0. The Morgan fingerprint density at radius 3 is 2.69 bits per heavy atom. The molecule has 1 saturated heterocycles. The number of fused-ring (bicyclic) bond motifs is 1.